The summed E-state index contributed by atoms with van der Waals surface area (Å²) in [6.45, 7) is 8.49. The molecule has 122 valence electrons. The van der Waals surface area contributed by atoms with Gasteiger partial charge in [0.1, 0.15) is 12.4 Å². The summed E-state index contributed by atoms with van der Waals surface area (Å²) in [5.74, 6) is 1.34. The first-order valence-corrected chi connectivity index (χ1v) is 8.24. The highest BCUT2D eigenvalue weighted by molar-refractivity contribution is 5.76. The molecule has 0 bridgehead atoms. The number of rotatable bonds is 12. The monoisotopic (exact) mass is 304 g/mol. The van der Waals surface area contributed by atoms with Crippen molar-refractivity contribution < 1.29 is 14.3 Å². The van der Waals surface area contributed by atoms with Crippen molar-refractivity contribution in [3.63, 3.8) is 0 Å². The summed E-state index contributed by atoms with van der Waals surface area (Å²) in [5.41, 5.74) is 0.596. The van der Waals surface area contributed by atoms with Crippen LogP contribution in [0.3, 0.4) is 0 Å². The number of aldehydes is 1. The van der Waals surface area contributed by atoms with Crippen LogP contribution in [-0.2, 0) is 0 Å². The summed E-state index contributed by atoms with van der Waals surface area (Å²) in [6, 6.07) is 5.30. The summed E-state index contributed by atoms with van der Waals surface area (Å²) >= 11 is 0. The van der Waals surface area contributed by atoms with Crippen molar-refractivity contribution >= 4 is 6.29 Å². The first kappa shape index (κ1) is 18.3. The quantitative estimate of drug-likeness (QED) is 0.303. The predicted octanol–water partition coefficient (Wildman–Crippen LogP) is 5.19. The molecule has 0 saturated heterocycles. The zero-order valence-electron chi connectivity index (χ0n) is 13.8. The Labute approximate surface area is 134 Å². The third-order valence-corrected chi connectivity index (χ3v) is 3.51. The standard InChI is InChI=1S/C19H28O3/c1-4-7-8-9-11-17(10-5-2)22-18-13-12-16(15-20)14-19(18)21-6-3/h5,12-15,17H,2,4,6-11H2,1,3H3. The van der Waals surface area contributed by atoms with Crippen LogP contribution in [0.25, 0.3) is 0 Å². The predicted molar refractivity (Wildman–Crippen MR) is 91.0 cm³/mol. The van der Waals surface area contributed by atoms with Gasteiger partial charge in [0.25, 0.3) is 0 Å². The lowest BCUT2D eigenvalue weighted by molar-refractivity contribution is 0.112. The maximum absolute atomic E-state index is 10.9. The molecule has 1 unspecified atom stereocenters. The van der Waals surface area contributed by atoms with Crippen LogP contribution in [-0.4, -0.2) is 19.0 Å². The van der Waals surface area contributed by atoms with E-state index in [0.717, 1.165) is 25.5 Å². The van der Waals surface area contributed by atoms with Crippen molar-refractivity contribution in [2.45, 2.75) is 58.5 Å². The Hall–Kier alpha value is -1.77. The van der Waals surface area contributed by atoms with Crippen LogP contribution in [0.1, 0.15) is 62.7 Å². The summed E-state index contributed by atoms with van der Waals surface area (Å²) in [4.78, 5) is 10.9. The fourth-order valence-corrected chi connectivity index (χ4v) is 2.35. The molecule has 0 fully saturated rings. The smallest absolute Gasteiger partial charge is 0.161 e. The molecule has 3 nitrogen and oxygen atoms in total. The lowest BCUT2D eigenvalue weighted by Gasteiger charge is -2.20. The van der Waals surface area contributed by atoms with Crippen LogP contribution in [0.15, 0.2) is 30.9 Å². The van der Waals surface area contributed by atoms with E-state index in [0.29, 0.717) is 23.7 Å². The molecule has 0 amide bonds. The molecule has 0 spiro atoms. The maximum Gasteiger partial charge on any atom is 0.161 e. The van der Waals surface area contributed by atoms with Crippen LogP contribution in [0.5, 0.6) is 11.5 Å². The Balaban J connectivity index is 2.73. The van der Waals surface area contributed by atoms with E-state index >= 15 is 0 Å². The van der Waals surface area contributed by atoms with Gasteiger partial charge in [0.05, 0.1) is 6.61 Å². The Bertz CT molecular complexity index is 454. The third kappa shape index (κ3) is 6.33. The highest BCUT2D eigenvalue weighted by Crippen LogP contribution is 2.30. The van der Waals surface area contributed by atoms with E-state index in [1.807, 2.05) is 19.1 Å². The molecular weight excluding hydrogens is 276 g/mol. The number of unbranched alkanes of at least 4 members (excludes halogenated alkanes) is 3. The summed E-state index contributed by atoms with van der Waals surface area (Å²) in [5, 5.41) is 0. The first-order valence-electron chi connectivity index (χ1n) is 8.24. The second-order valence-electron chi connectivity index (χ2n) is 5.37. The van der Waals surface area contributed by atoms with E-state index in [1.54, 1.807) is 12.1 Å². The Morgan fingerprint density at radius 2 is 2.00 bits per heavy atom. The van der Waals surface area contributed by atoms with E-state index in [4.69, 9.17) is 9.47 Å². The second kappa shape index (κ2) is 10.9. The number of carbonyl (C=O) groups is 1. The third-order valence-electron chi connectivity index (χ3n) is 3.51. The van der Waals surface area contributed by atoms with E-state index < -0.39 is 0 Å². The zero-order valence-corrected chi connectivity index (χ0v) is 13.8. The molecular formula is C19H28O3. The van der Waals surface area contributed by atoms with E-state index in [2.05, 4.69) is 13.5 Å². The van der Waals surface area contributed by atoms with Gasteiger partial charge >= 0.3 is 0 Å². The Morgan fingerprint density at radius 3 is 2.64 bits per heavy atom. The minimum atomic E-state index is 0.107. The number of ether oxygens (including phenoxy) is 2. The van der Waals surface area contributed by atoms with Crippen molar-refractivity contribution in [2.24, 2.45) is 0 Å². The minimum Gasteiger partial charge on any atom is -0.490 e. The van der Waals surface area contributed by atoms with E-state index in [-0.39, 0.29) is 6.10 Å². The lowest BCUT2D eigenvalue weighted by Crippen LogP contribution is -2.16. The van der Waals surface area contributed by atoms with Gasteiger partial charge in [-0.25, -0.2) is 0 Å². The van der Waals surface area contributed by atoms with Crippen molar-refractivity contribution in [1.82, 2.24) is 0 Å². The first-order chi connectivity index (χ1) is 10.7. The molecule has 0 aromatic heterocycles. The molecule has 0 aliphatic carbocycles. The molecule has 0 radical (unpaired) electrons. The molecule has 1 aromatic rings. The van der Waals surface area contributed by atoms with Crippen LogP contribution in [0.2, 0.25) is 0 Å². The Kier molecular flexibility index (Phi) is 9.04. The molecule has 1 atom stereocenters. The largest absolute Gasteiger partial charge is 0.490 e. The van der Waals surface area contributed by atoms with Crippen molar-refractivity contribution in [3.8, 4) is 11.5 Å². The van der Waals surface area contributed by atoms with Gasteiger partial charge in [-0.3, -0.25) is 4.79 Å². The number of hydrogen-bond acceptors (Lipinski definition) is 3. The molecule has 0 aliphatic rings. The second-order valence-corrected chi connectivity index (χ2v) is 5.37. The molecule has 0 N–H and O–H groups in total. The summed E-state index contributed by atoms with van der Waals surface area (Å²) < 4.78 is 11.7. The van der Waals surface area contributed by atoms with Crippen LogP contribution >= 0.6 is 0 Å². The SMILES string of the molecule is C=CCC(CCCCCC)Oc1ccc(C=O)cc1OCC. The van der Waals surface area contributed by atoms with Crippen molar-refractivity contribution in [2.75, 3.05) is 6.61 Å². The molecule has 0 aliphatic heterocycles. The molecule has 0 heterocycles. The van der Waals surface area contributed by atoms with Gasteiger partial charge in [-0.2, -0.15) is 0 Å². The fraction of sp³-hybridized carbons (Fsp3) is 0.526. The van der Waals surface area contributed by atoms with Gasteiger partial charge in [0.2, 0.25) is 0 Å². The average Bonchev–Trinajstić information content (AvgIpc) is 2.53. The van der Waals surface area contributed by atoms with Gasteiger partial charge < -0.3 is 9.47 Å². The van der Waals surface area contributed by atoms with E-state index in [9.17, 15) is 4.79 Å². The lowest BCUT2D eigenvalue weighted by atomic mass is 10.1. The highest BCUT2D eigenvalue weighted by Gasteiger charge is 2.13. The van der Waals surface area contributed by atoms with Gasteiger partial charge in [-0.05, 0) is 38.0 Å². The number of carbonyl (C=O) groups excluding carboxylic acids is 1. The van der Waals surface area contributed by atoms with Crippen LogP contribution in [0, 0.1) is 0 Å². The van der Waals surface area contributed by atoms with Crippen molar-refractivity contribution in [1.29, 1.82) is 0 Å². The van der Waals surface area contributed by atoms with Gasteiger partial charge in [0.15, 0.2) is 11.5 Å². The van der Waals surface area contributed by atoms with Crippen LogP contribution in [0.4, 0.5) is 0 Å². The van der Waals surface area contributed by atoms with Crippen LogP contribution < -0.4 is 9.47 Å². The Morgan fingerprint density at radius 1 is 1.18 bits per heavy atom. The maximum atomic E-state index is 10.9. The van der Waals surface area contributed by atoms with E-state index in [1.165, 1.54) is 19.3 Å². The normalized spacial score (nSPS) is 11.7. The molecule has 1 rings (SSSR count). The topological polar surface area (TPSA) is 35.5 Å². The molecule has 0 saturated carbocycles. The number of benzene rings is 1. The summed E-state index contributed by atoms with van der Waals surface area (Å²) in [6.07, 6.45) is 9.52. The number of hydrogen-bond donors (Lipinski definition) is 0. The van der Waals surface area contributed by atoms with Gasteiger partial charge in [-0.15, -0.1) is 6.58 Å². The van der Waals surface area contributed by atoms with Crippen molar-refractivity contribution in [3.05, 3.63) is 36.4 Å². The summed E-state index contributed by atoms with van der Waals surface area (Å²) in [7, 11) is 0. The molecule has 22 heavy (non-hydrogen) atoms. The van der Waals surface area contributed by atoms with Gasteiger partial charge in [0, 0.05) is 12.0 Å². The zero-order chi connectivity index (χ0) is 16.2. The fourth-order valence-electron chi connectivity index (χ4n) is 2.35. The molecule has 3 heteroatoms. The van der Waals surface area contributed by atoms with Gasteiger partial charge in [-0.1, -0.05) is 32.3 Å². The molecule has 1 aromatic carbocycles. The highest BCUT2D eigenvalue weighted by atomic mass is 16.5. The average molecular weight is 304 g/mol. The minimum absolute atomic E-state index is 0.107.